The van der Waals surface area contributed by atoms with Crippen LogP contribution in [0.15, 0.2) is 54.6 Å². The number of para-hydroxylation sites is 1. The lowest BCUT2D eigenvalue weighted by molar-refractivity contribution is 0.0671. The molecule has 0 bridgehead atoms. The fourth-order valence-electron chi connectivity index (χ4n) is 4.56. The first kappa shape index (κ1) is 22.2. The van der Waals surface area contributed by atoms with Crippen molar-refractivity contribution >= 4 is 17.6 Å². The second-order valence-corrected chi connectivity index (χ2v) is 8.74. The van der Waals surface area contributed by atoms with Crippen LogP contribution in [0.4, 0.5) is 10.5 Å². The summed E-state index contributed by atoms with van der Waals surface area (Å²) in [6.45, 7) is 2.78. The standard InChI is InChI=1S/C26H33N3O3/c30-25(22-10-7-13-24(20-22)32-19-14-21-8-3-1-4-9-21)28-15-17-29(18-16-28)26(31)27-23-11-5-2-6-12-23/h2,5-7,10-13,20-21H,1,3-4,8-9,14-19H2,(H,27,31). The molecule has 1 aliphatic carbocycles. The zero-order chi connectivity index (χ0) is 22.2. The summed E-state index contributed by atoms with van der Waals surface area (Å²) >= 11 is 0. The normalized spacial score (nSPS) is 17.1. The van der Waals surface area contributed by atoms with Crippen molar-refractivity contribution in [2.24, 2.45) is 5.92 Å². The molecule has 2 fully saturated rings. The van der Waals surface area contributed by atoms with E-state index in [2.05, 4.69) is 5.32 Å². The van der Waals surface area contributed by atoms with Crippen LogP contribution in [0.3, 0.4) is 0 Å². The highest BCUT2D eigenvalue weighted by Crippen LogP contribution is 2.26. The van der Waals surface area contributed by atoms with Crippen LogP contribution in [0.25, 0.3) is 0 Å². The predicted molar refractivity (Wildman–Crippen MR) is 126 cm³/mol. The molecule has 0 atom stereocenters. The van der Waals surface area contributed by atoms with Crippen LogP contribution in [0.5, 0.6) is 5.75 Å². The van der Waals surface area contributed by atoms with Gasteiger partial charge < -0.3 is 19.9 Å². The van der Waals surface area contributed by atoms with Crippen molar-refractivity contribution in [3.63, 3.8) is 0 Å². The van der Waals surface area contributed by atoms with Crippen LogP contribution in [0, 0.1) is 5.92 Å². The van der Waals surface area contributed by atoms with E-state index in [1.807, 2.05) is 59.5 Å². The van der Waals surface area contributed by atoms with Crippen molar-refractivity contribution in [2.45, 2.75) is 38.5 Å². The first-order valence-corrected chi connectivity index (χ1v) is 11.8. The van der Waals surface area contributed by atoms with E-state index in [4.69, 9.17) is 4.74 Å². The minimum atomic E-state index is -0.128. The van der Waals surface area contributed by atoms with Gasteiger partial charge in [-0.15, -0.1) is 0 Å². The number of ether oxygens (including phenoxy) is 1. The molecule has 2 aliphatic rings. The molecule has 170 valence electrons. The Balaban J connectivity index is 1.24. The minimum Gasteiger partial charge on any atom is -0.494 e. The number of carbonyl (C=O) groups excluding carboxylic acids is 2. The number of amides is 3. The number of carbonyl (C=O) groups is 2. The minimum absolute atomic E-state index is 0.00847. The van der Waals surface area contributed by atoms with E-state index in [0.717, 1.165) is 23.8 Å². The lowest BCUT2D eigenvalue weighted by Crippen LogP contribution is -2.51. The summed E-state index contributed by atoms with van der Waals surface area (Å²) < 4.78 is 5.96. The topological polar surface area (TPSA) is 61.9 Å². The lowest BCUT2D eigenvalue weighted by Gasteiger charge is -2.34. The van der Waals surface area contributed by atoms with Crippen molar-refractivity contribution in [1.29, 1.82) is 0 Å². The molecular weight excluding hydrogens is 402 g/mol. The Morgan fingerprint density at radius 1 is 0.875 bits per heavy atom. The molecule has 1 heterocycles. The summed E-state index contributed by atoms with van der Waals surface area (Å²) in [5.41, 5.74) is 1.42. The fourth-order valence-corrected chi connectivity index (χ4v) is 4.56. The van der Waals surface area contributed by atoms with Crippen LogP contribution >= 0.6 is 0 Å². The van der Waals surface area contributed by atoms with Crippen LogP contribution in [-0.4, -0.2) is 54.5 Å². The molecule has 0 unspecified atom stereocenters. The Morgan fingerprint density at radius 3 is 2.34 bits per heavy atom. The average molecular weight is 436 g/mol. The molecule has 6 nitrogen and oxygen atoms in total. The van der Waals surface area contributed by atoms with Gasteiger partial charge in [0.1, 0.15) is 5.75 Å². The Kier molecular flexibility index (Phi) is 7.64. The molecule has 0 aromatic heterocycles. The third-order valence-corrected chi connectivity index (χ3v) is 6.48. The Bertz CT molecular complexity index is 888. The maximum absolute atomic E-state index is 13.0. The maximum atomic E-state index is 13.0. The number of rotatable bonds is 6. The molecule has 4 rings (SSSR count). The second kappa shape index (κ2) is 11.0. The highest BCUT2D eigenvalue weighted by Gasteiger charge is 2.25. The molecule has 0 radical (unpaired) electrons. The van der Waals surface area contributed by atoms with Crippen LogP contribution in [0.1, 0.15) is 48.9 Å². The predicted octanol–water partition coefficient (Wildman–Crippen LogP) is 5.03. The monoisotopic (exact) mass is 435 g/mol. The van der Waals surface area contributed by atoms with E-state index in [1.54, 1.807) is 4.90 Å². The Hall–Kier alpha value is -3.02. The van der Waals surface area contributed by atoms with Crippen LogP contribution in [0.2, 0.25) is 0 Å². The summed E-state index contributed by atoms with van der Waals surface area (Å²) in [7, 11) is 0. The van der Waals surface area contributed by atoms with Crippen molar-refractivity contribution in [3.05, 3.63) is 60.2 Å². The van der Waals surface area contributed by atoms with E-state index in [-0.39, 0.29) is 11.9 Å². The highest BCUT2D eigenvalue weighted by atomic mass is 16.5. The van der Waals surface area contributed by atoms with Crippen LogP contribution < -0.4 is 10.1 Å². The Labute approximate surface area is 190 Å². The molecule has 6 heteroatoms. The zero-order valence-electron chi connectivity index (χ0n) is 18.7. The number of benzene rings is 2. The summed E-state index contributed by atoms with van der Waals surface area (Å²) in [5, 5.41) is 2.90. The summed E-state index contributed by atoms with van der Waals surface area (Å²) in [6, 6.07) is 16.8. The molecule has 1 aliphatic heterocycles. The van der Waals surface area contributed by atoms with Gasteiger partial charge in [0.15, 0.2) is 0 Å². The average Bonchev–Trinajstić information content (AvgIpc) is 2.85. The molecule has 2 aromatic rings. The van der Waals surface area contributed by atoms with Gasteiger partial charge in [-0.3, -0.25) is 4.79 Å². The van der Waals surface area contributed by atoms with Gasteiger partial charge in [0, 0.05) is 37.4 Å². The largest absolute Gasteiger partial charge is 0.494 e. The van der Waals surface area contributed by atoms with Gasteiger partial charge in [0.05, 0.1) is 6.61 Å². The first-order valence-electron chi connectivity index (χ1n) is 11.8. The SMILES string of the molecule is O=C(Nc1ccccc1)N1CCN(C(=O)c2cccc(OCCC3CCCCC3)c2)CC1. The molecule has 32 heavy (non-hydrogen) atoms. The van der Waals surface area contributed by atoms with E-state index in [1.165, 1.54) is 32.1 Å². The molecule has 1 N–H and O–H groups in total. The van der Waals surface area contributed by atoms with Gasteiger partial charge >= 0.3 is 6.03 Å². The number of nitrogens with one attached hydrogen (secondary N) is 1. The lowest BCUT2D eigenvalue weighted by atomic mass is 9.87. The van der Waals surface area contributed by atoms with Gasteiger partial charge in [-0.05, 0) is 42.7 Å². The van der Waals surface area contributed by atoms with Crippen molar-refractivity contribution in [3.8, 4) is 5.75 Å². The first-order chi connectivity index (χ1) is 15.7. The van der Waals surface area contributed by atoms with E-state index >= 15 is 0 Å². The van der Waals surface area contributed by atoms with E-state index < -0.39 is 0 Å². The number of nitrogens with zero attached hydrogens (tertiary/aromatic N) is 2. The molecule has 1 saturated carbocycles. The summed E-state index contributed by atoms with van der Waals surface area (Å²) in [5.74, 6) is 1.53. The molecular formula is C26H33N3O3. The van der Waals surface area contributed by atoms with Gasteiger partial charge in [-0.1, -0.05) is 56.4 Å². The maximum Gasteiger partial charge on any atom is 0.321 e. The smallest absolute Gasteiger partial charge is 0.321 e. The zero-order valence-corrected chi connectivity index (χ0v) is 18.7. The van der Waals surface area contributed by atoms with Gasteiger partial charge in [0.25, 0.3) is 5.91 Å². The Morgan fingerprint density at radius 2 is 1.59 bits per heavy atom. The van der Waals surface area contributed by atoms with Crippen molar-refractivity contribution < 1.29 is 14.3 Å². The molecule has 0 spiro atoms. The van der Waals surface area contributed by atoms with Gasteiger partial charge in [-0.25, -0.2) is 4.79 Å². The number of piperazine rings is 1. The quantitative estimate of drug-likeness (QED) is 0.693. The van der Waals surface area contributed by atoms with E-state index in [9.17, 15) is 9.59 Å². The molecule has 3 amide bonds. The van der Waals surface area contributed by atoms with Crippen LogP contribution in [-0.2, 0) is 0 Å². The summed E-state index contributed by atoms with van der Waals surface area (Å²) in [4.78, 5) is 29.0. The molecule has 2 aromatic carbocycles. The number of hydrogen-bond donors (Lipinski definition) is 1. The van der Waals surface area contributed by atoms with Gasteiger partial charge in [-0.2, -0.15) is 0 Å². The fraction of sp³-hybridized carbons (Fsp3) is 0.462. The van der Waals surface area contributed by atoms with Crippen molar-refractivity contribution in [1.82, 2.24) is 9.80 Å². The highest BCUT2D eigenvalue weighted by molar-refractivity contribution is 5.95. The number of anilines is 1. The van der Waals surface area contributed by atoms with Gasteiger partial charge in [0.2, 0.25) is 0 Å². The summed E-state index contributed by atoms with van der Waals surface area (Å²) in [6.07, 6.45) is 7.78. The third kappa shape index (κ3) is 6.02. The molecule has 1 saturated heterocycles. The third-order valence-electron chi connectivity index (χ3n) is 6.48. The number of hydrogen-bond acceptors (Lipinski definition) is 3. The van der Waals surface area contributed by atoms with E-state index in [0.29, 0.717) is 38.3 Å². The second-order valence-electron chi connectivity index (χ2n) is 8.74. The van der Waals surface area contributed by atoms with Crippen molar-refractivity contribution in [2.75, 3.05) is 38.1 Å². The number of urea groups is 1.